The summed E-state index contributed by atoms with van der Waals surface area (Å²) in [5, 5.41) is 10.5. The standard InChI is InChI=1S/C20H19N3O3/c1-26-18-8-7-14(13-17(18)24)9-12-22-10-4-11-23-19(25)15-5-2-3-6-16(15)21-20(22)23/h2-8,11,13,24H,9-10,12H2,1H3. The van der Waals surface area contributed by atoms with Gasteiger partial charge in [-0.25, -0.2) is 4.98 Å². The normalized spacial score (nSPS) is 13.0. The van der Waals surface area contributed by atoms with Gasteiger partial charge >= 0.3 is 0 Å². The van der Waals surface area contributed by atoms with Crippen molar-refractivity contribution in [1.82, 2.24) is 9.55 Å². The number of para-hydroxylation sites is 1. The number of aromatic hydroxyl groups is 1. The Morgan fingerprint density at radius 1 is 1.23 bits per heavy atom. The van der Waals surface area contributed by atoms with Crippen molar-refractivity contribution < 1.29 is 9.84 Å². The lowest BCUT2D eigenvalue weighted by atomic mass is 10.1. The van der Waals surface area contributed by atoms with Crippen LogP contribution in [0, 0.1) is 0 Å². The second kappa shape index (κ2) is 6.55. The third kappa shape index (κ3) is 2.79. The molecule has 6 nitrogen and oxygen atoms in total. The quantitative estimate of drug-likeness (QED) is 0.784. The lowest BCUT2D eigenvalue weighted by Gasteiger charge is -2.27. The van der Waals surface area contributed by atoms with E-state index in [0.29, 0.717) is 42.1 Å². The number of fused-ring (bicyclic) bond motifs is 2. The van der Waals surface area contributed by atoms with Crippen LogP contribution in [0.25, 0.3) is 17.1 Å². The van der Waals surface area contributed by atoms with Crippen LogP contribution in [0.15, 0.2) is 53.3 Å². The van der Waals surface area contributed by atoms with E-state index in [2.05, 4.69) is 9.88 Å². The maximum atomic E-state index is 12.7. The summed E-state index contributed by atoms with van der Waals surface area (Å²) in [6.45, 7) is 1.37. The van der Waals surface area contributed by atoms with Gasteiger partial charge in [0.2, 0.25) is 5.95 Å². The molecule has 0 atom stereocenters. The molecule has 4 rings (SSSR count). The van der Waals surface area contributed by atoms with Gasteiger partial charge in [-0.15, -0.1) is 0 Å². The van der Waals surface area contributed by atoms with Crippen molar-refractivity contribution in [3.63, 3.8) is 0 Å². The highest BCUT2D eigenvalue weighted by Gasteiger charge is 2.18. The molecule has 0 aliphatic carbocycles. The number of nitrogens with zero attached hydrogens (tertiary/aromatic N) is 3. The fraction of sp³-hybridized carbons (Fsp3) is 0.200. The molecule has 0 bridgehead atoms. The summed E-state index contributed by atoms with van der Waals surface area (Å²) < 4.78 is 6.67. The number of anilines is 1. The monoisotopic (exact) mass is 349 g/mol. The lowest BCUT2D eigenvalue weighted by Crippen LogP contribution is -2.35. The zero-order valence-corrected chi connectivity index (χ0v) is 14.4. The Morgan fingerprint density at radius 2 is 2.08 bits per heavy atom. The topological polar surface area (TPSA) is 67.6 Å². The second-order valence-corrected chi connectivity index (χ2v) is 6.19. The summed E-state index contributed by atoms with van der Waals surface area (Å²) in [7, 11) is 1.53. The van der Waals surface area contributed by atoms with E-state index in [1.807, 2.05) is 30.3 Å². The van der Waals surface area contributed by atoms with Gasteiger partial charge in [-0.3, -0.25) is 9.36 Å². The summed E-state index contributed by atoms with van der Waals surface area (Å²) >= 11 is 0. The maximum absolute atomic E-state index is 12.7. The Bertz CT molecular complexity index is 1060. The zero-order chi connectivity index (χ0) is 18.1. The largest absolute Gasteiger partial charge is 0.504 e. The molecule has 1 N–H and O–H groups in total. The molecule has 3 aromatic rings. The van der Waals surface area contributed by atoms with Gasteiger partial charge in [0, 0.05) is 19.3 Å². The molecule has 2 heterocycles. The van der Waals surface area contributed by atoms with Crippen molar-refractivity contribution >= 4 is 23.1 Å². The minimum Gasteiger partial charge on any atom is -0.504 e. The third-order valence-corrected chi connectivity index (χ3v) is 4.57. The molecule has 0 fully saturated rings. The smallest absolute Gasteiger partial charge is 0.266 e. The zero-order valence-electron chi connectivity index (χ0n) is 14.4. The molecule has 2 aromatic carbocycles. The van der Waals surface area contributed by atoms with Crippen molar-refractivity contribution in [3.8, 4) is 11.5 Å². The summed E-state index contributed by atoms with van der Waals surface area (Å²) in [6.07, 6.45) is 4.46. The molecule has 0 radical (unpaired) electrons. The van der Waals surface area contributed by atoms with Crippen molar-refractivity contribution in [2.45, 2.75) is 6.42 Å². The van der Waals surface area contributed by atoms with Crippen LogP contribution in [0.2, 0.25) is 0 Å². The van der Waals surface area contributed by atoms with Gasteiger partial charge in [-0.05, 0) is 42.3 Å². The highest BCUT2D eigenvalue weighted by molar-refractivity contribution is 5.79. The average Bonchev–Trinajstić information content (AvgIpc) is 2.67. The summed E-state index contributed by atoms with van der Waals surface area (Å²) in [6, 6.07) is 12.8. The van der Waals surface area contributed by atoms with E-state index in [1.54, 1.807) is 29.0 Å². The van der Waals surface area contributed by atoms with E-state index in [0.717, 1.165) is 5.56 Å². The number of aromatic nitrogens is 2. The van der Waals surface area contributed by atoms with Crippen LogP contribution in [0.4, 0.5) is 5.95 Å². The van der Waals surface area contributed by atoms with Gasteiger partial charge in [0.25, 0.3) is 5.56 Å². The van der Waals surface area contributed by atoms with Gasteiger partial charge in [0.15, 0.2) is 11.5 Å². The first kappa shape index (κ1) is 16.2. The minimum absolute atomic E-state index is 0.0614. The Hall–Kier alpha value is -3.28. The first-order chi connectivity index (χ1) is 12.7. The second-order valence-electron chi connectivity index (χ2n) is 6.19. The number of hydrogen-bond acceptors (Lipinski definition) is 5. The van der Waals surface area contributed by atoms with Crippen LogP contribution < -0.4 is 15.2 Å². The van der Waals surface area contributed by atoms with E-state index in [4.69, 9.17) is 4.74 Å². The van der Waals surface area contributed by atoms with Crippen molar-refractivity contribution in [2.24, 2.45) is 0 Å². The van der Waals surface area contributed by atoms with Crippen LogP contribution in [-0.2, 0) is 6.42 Å². The Kier molecular flexibility index (Phi) is 4.08. The van der Waals surface area contributed by atoms with Crippen LogP contribution in [0.3, 0.4) is 0 Å². The first-order valence-electron chi connectivity index (χ1n) is 8.46. The molecule has 0 amide bonds. The number of benzene rings is 2. The van der Waals surface area contributed by atoms with Crippen molar-refractivity contribution in [1.29, 1.82) is 0 Å². The molecule has 1 aliphatic rings. The number of ether oxygens (including phenoxy) is 1. The van der Waals surface area contributed by atoms with Gasteiger partial charge in [-0.2, -0.15) is 0 Å². The molecular formula is C20H19N3O3. The van der Waals surface area contributed by atoms with Gasteiger partial charge in [-0.1, -0.05) is 18.2 Å². The molecule has 26 heavy (non-hydrogen) atoms. The van der Waals surface area contributed by atoms with Crippen LogP contribution in [0.5, 0.6) is 11.5 Å². The van der Waals surface area contributed by atoms with Crippen molar-refractivity contribution in [2.75, 3.05) is 25.1 Å². The molecule has 1 aromatic heterocycles. The molecule has 132 valence electrons. The molecule has 0 spiro atoms. The number of phenols is 1. The van der Waals surface area contributed by atoms with E-state index < -0.39 is 0 Å². The molecule has 0 saturated carbocycles. The van der Waals surface area contributed by atoms with Crippen LogP contribution in [0.1, 0.15) is 5.56 Å². The van der Waals surface area contributed by atoms with E-state index in [-0.39, 0.29) is 11.3 Å². The fourth-order valence-electron chi connectivity index (χ4n) is 3.20. The van der Waals surface area contributed by atoms with E-state index in [9.17, 15) is 9.90 Å². The maximum Gasteiger partial charge on any atom is 0.266 e. The number of rotatable bonds is 4. The minimum atomic E-state index is -0.0614. The molecule has 0 saturated heterocycles. The van der Waals surface area contributed by atoms with Crippen LogP contribution in [-0.4, -0.2) is 34.9 Å². The Balaban J connectivity index is 1.63. The molecule has 1 aliphatic heterocycles. The van der Waals surface area contributed by atoms with E-state index in [1.165, 1.54) is 7.11 Å². The van der Waals surface area contributed by atoms with Gasteiger partial charge < -0.3 is 14.7 Å². The predicted octanol–water partition coefficient (Wildman–Crippen LogP) is 2.64. The van der Waals surface area contributed by atoms with Gasteiger partial charge in [0.1, 0.15) is 0 Å². The average molecular weight is 349 g/mol. The first-order valence-corrected chi connectivity index (χ1v) is 8.46. The summed E-state index contributed by atoms with van der Waals surface area (Å²) in [5.41, 5.74) is 1.63. The molecule has 0 unspecified atom stereocenters. The van der Waals surface area contributed by atoms with Crippen molar-refractivity contribution in [3.05, 3.63) is 64.5 Å². The van der Waals surface area contributed by atoms with E-state index >= 15 is 0 Å². The highest BCUT2D eigenvalue weighted by Crippen LogP contribution is 2.27. The predicted molar refractivity (Wildman–Crippen MR) is 102 cm³/mol. The summed E-state index contributed by atoms with van der Waals surface area (Å²) in [5.74, 6) is 1.23. The van der Waals surface area contributed by atoms with Crippen LogP contribution >= 0.6 is 0 Å². The highest BCUT2D eigenvalue weighted by atomic mass is 16.5. The lowest BCUT2D eigenvalue weighted by molar-refractivity contribution is 0.373. The molecular weight excluding hydrogens is 330 g/mol. The fourth-order valence-corrected chi connectivity index (χ4v) is 3.20. The molecule has 6 heteroatoms. The number of hydrogen-bond donors (Lipinski definition) is 1. The Labute approximate surface area is 150 Å². The Morgan fingerprint density at radius 3 is 2.88 bits per heavy atom. The third-order valence-electron chi connectivity index (χ3n) is 4.57. The van der Waals surface area contributed by atoms with Gasteiger partial charge in [0.05, 0.1) is 18.0 Å². The number of phenolic OH excluding ortho intramolecular Hbond substituents is 1. The number of methoxy groups -OCH3 is 1. The SMILES string of the molecule is COc1ccc(CCN2CC=Cn3c2nc2ccccc2c3=O)cc1O. The summed E-state index contributed by atoms with van der Waals surface area (Å²) in [4.78, 5) is 19.5.